The molecule has 0 atom stereocenters. The van der Waals surface area contributed by atoms with Gasteiger partial charge in [-0.3, -0.25) is 10.1 Å². The summed E-state index contributed by atoms with van der Waals surface area (Å²) in [7, 11) is 0. The van der Waals surface area contributed by atoms with Crippen LogP contribution in [0.25, 0.3) is 0 Å². The molecule has 110 valence electrons. The van der Waals surface area contributed by atoms with Gasteiger partial charge in [-0.05, 0) is 18.1 Å². The second-order valence-corrected chi connectivity index (χ2v) is 5.44. The van der Waals surface area contributed by atoms with E-state index >= 15 is 0 Å². The SMILES string of the molecule is CCCNc1ccc([N+](=O)[O-])c(SCc2ccccc2)n1. The fourth-order valence-electron chi connectivity index (χ4n) is 1.76. The van der Waals surface area contributed by atoms with E-state index in [0.29, 0.717) is 16.6 Å². The molecule has 0 radical (unpaired) electrons. The maximum atomic E-state index is 11.1. The Labute approximate surface area is 127 Å². The van der Waals surface area contributed by atoms with Gasteiger partial charge in [0.05, 0.1) is 4.92 Å². The number of thioether (sulfide) groups is 1. The summed E-state index contributed by atoms with van der Waals surface area (Å²) in [6.45, 7) is 2.86. The predicted octanol–water partition coefficient (Wildman–Crippen LogP) is 4.10. The highest BCUT2D eigenvalue weighted by Gasteiger charge is 2.16. The summed E-state index contributed by atoms with van der Waals surface area (Å²) >= 11 is 1.38. The number of rotatable bonds is 7. The zero-order valence-corrected chi connectivity index (χ0v) is 12.6. The van der Waals surface area contributed by atoms with Crippen molar-refractivity contribution in [2.24, 2.45) is 0 Å². The van der Waals surface area contributed by atoms with Gasteiger partial charge in [0.1, 0.15) is 5.82 Å². The van der Waals surface area contributed by atoms with E-state index in [4.69, 9.17) is 0 Å². The molecule has 2 aromatic rings. The number of nitrogens with one attached hydrogen (secondary N) is 1. The Balaban J connectivity index is 2.16. The van der Waals surface area contributed by atoms with Gasteiger partial charge in [0, 0.05) is 18.4 Å². The number of benzene rings is 1. The van der Waals surface area contributed by atoms with E-state index in [1.165, 1.54) is 17.8 Å². The van der Waals surface area contributed by atoms with Crippen molar-refractivity contribution in [3.05, 3.63) is 58.1 Å². The van der Waals surface area contributed by atoms with Gasteiger partial charge in [-0.15, -0.1) is 0 Å². The lowest BCUT2D eigenvalue weighted by Gasteiger charge is -2.07. The standard InChI is InChI=1S/C15H17N3O2S/c1-2-10-16-14-9-8-13(18(19)20)15(17-14)21-11-12-6-4-3-5-7-12/h3-9H,2,10-11H2,1H3,(H,16,17). The molecular weight excluding hydrogens is 286 g/mol. The van der Waals surface area contributed by atoms with Gasteiger partial charge in [0.2, 0.25) is 0 Å². The number of nitro groups is 1. The molecule has 5 nitrogen and oxygen atoms in total. The molecule has 6 heteroatoms. The van der Waals surface area contributed by atoms with Crippen LogP contribution in [0.3, 0.4) is 0 Å². The van der Waals surface area contributed by atoms with Crippen LogP contribution in [0.5, 0.6) is 0 Å². The first kappa shape index (κ1) is 15.3. The van der Waals surface area contributed by atoms with Crippen LogP contribution < -0.4 is 5.32 Å². The summed E-state index contributed by atoms with van der Waals surface area (Å²) in [4.78, 5) is 15.1. The van der Waals surface area contributed by atoms with Gasteiger partial charge in [-0.25, -0.2) is 4.98 Å². The molecule has 0 amide bonds. The third-order valence-electron chi connectivity index (χ3n) is 2.81. The molecule has 0 spiro atoms. The minimum Gasteiger partial charge on any atom is -0.370 e. The maximum Gasteiger partial charge on any atom is 0.301 e. The number of nitrogens with zero attached hydrogens (tertiary/aromatic N) is 2. The first-order valence-electron chi connectivity index (χ1n) is 6.76. The summed E-state index contributed by atoms with van der Waals surface area (Å²) in [6.07, 6.45) is 0.977. The Morgan fingerprint density at radius 3 is 2.67 bits per heavy atom. The van der Waals surface area contributed by atoms with Crippen molar-refractivity contribution in [2.75, 3.05) is 11.9 Å². The minimum atomic E-state index is -0.385. The van der Waals surface area contributed by atoms with Crippen LogP contribution in [-0.4, -0.2) is 16.5 Å². The minimum absolute atomic E-state index is 0.0537. The Morgan fingerprint density at radius 1 is 1.24 bits per heavy atom. The lowest BCUT2D eigenvalue weighted by atomic mass is 10.2. The molecule has 0 aliphatic heterocycles. The predicted molar refractivity (Wildman–Crippen MR) is 85.7 cm³/mol. The highest BCUT2D eigenvalue weighted by molar-refractivity contribution is 7.98. The summed E-state index contributed by atoms with van der Waals surface area (Å²) < 4.78 is 0. The topological polar surface area (TPSA) is 68.1 Å². The van der Waals surface area contributed by atoms with Crippen molar-refractivity contribution in [1.29, 1.82) is 0 Å². The van der Waals surface area contributed by atoms with Crippen LogP contribution in [0.4, 0.5) is 11.5 Å². The van der Waals surface area contributed by atoms with E-state index in [0.717, 1.165) is 18.5 Å². The quantitative estimate of drug-likeness (QED) is 0.474. The summed E-state index contributed by atoms with van der Waals surface area (Å²) in [5.41, 5.74) is 1.17. The van der Waals surface area contributed by atoms with Crippen LogP contribution >= 0.6 is 11.8 Å². The largest absolute Gasteiger partial charge is 0.370 e. The zero-order valence-electron chi connectivity index (χ0n) is 11.8. The fraction of sp³-hybridized carbons (Fsp3) is 0.267. The van der Waals surface area contributed by atoms with Gasteiger partial charge in [0.25, 0.3) is 0 Å². The molecule has 2 rings (SSSR count). The molecular formula is C15H17N3O2S. The average Bonchev–Trinajstić information content (AvgIpc) is 2.51. The molecule has 0 saturated carbocycles. The lowest BCUT2D eigenvalue weighted by molar-refractivity contribution is -0.388. The molecule has 0 aliphatic carbocycles. The highest BCUT2D eigenvalue weighted by atomic mass is 32.2. The molecule has 1 aromatic heterocycles. The van der Waals surface area contributed by atoms with Crippen LogP contribution in [-0.2, 0) is 5.75 Å². The van der Waals surface area contributed by atoms with Crippen LogP contribution in [0.2, 0.25) is 0 Å². The Morgan fingerprint density at radius 2 is 2.00 bits per heavy atom. The van der Waals surface area contributed by atoms with Crippen molar-refractivity contribution in [2.45, 2.75) is 24.1 Å². The first-order valence-corrected chi connectivity index (χ1v) is 7.75. The maximum absolute atomic E-state index is 11.1. The third-order valence-corrected chi connectivity index (χ3v) is 3.86. The molecule has 1 heterocycles. The van der Waals surface area contributed by atoms with Crippen molar-refractivity contribution in [1.82, 2.24) is 4.98 Å². The molecule has 21 heavy (non-hydrogen) atoms. The van der Waals surface area contributed by atoms with Gasteiger partial charge in [-0.1, -0.05) is 49.0 Å². The number of pyridine rings is 1. The van der Waals surface area contributed by atoms with Crippen LogP contribution in [0.1, 0.15) is 18.9 Å². The first-order chi connectivity index (χ1) is 10.2. The highest BCUT2D eigenvalue weighted by Crippen LogP contribution is 2.30. The lowest BCUT2D eigenvalue weighted by Crippen LogP contribution is -2.03. The molecule has 0 fully saturated rings. The van der Waals surface area contributed by atoms with E-state index in [2.05, 4.69) is 17.2 Å². The van der Waals surface area contributed by atoms with Gasteiger partial charge in [0.15, 0.2) is 5.03 Å². The Kier molecular flexibility index (Phi) is 5.57. The van der Waals surface area contributed by atoms with Crippen molar-refractivity contribution >= 4 is 23.3 Å². The molecule has 0 bridgehead atoms. The molecule has 1 aromatic carbocycles. The van der Waals surface area contributed by atoms with E-state index in [1.807, 2.05) is 30.3 Å². The van der Waals surface area contributed by atoms with Gasteiger partial charge < -0.3 is 5.32 Å². The zero-order chi connectivity index (χ0) is 15.1. The average molecular weight is 303 g/mol. The van der Waals surface area contributed by atoms with Crippen molar-refractivity contribution < 1.29 is 4.92 Å². The summed E-state index contributed by atoms with van der Waals surface area (Å²) in [5.74, 6) is 1.34. The molecule has 0 aliphatic rings. The summed E-state index contributed by atoms with van der Waals surface area (Å²) in [6, 6.07) is 13.0. The second kappa shape index (κ2) is 7.64. The van der Waals surface area contributed by atoms with Crippen LogP contribution in [0, 0.1) is 10.1 Å². The van der Waals surface area contributed by atoms with Gasteiger partial charge >= 0.3 is 5.69 Å². The number of hydrogen-bond acceptors (Lipinski definition) is 5. The fourth-order valence-corrected chi connectivity index (χ4v) is 2.70. The van der Waals surface area contributed by atoms with E-state index < -0.39 is 0 Å². The van der Waals surface area contributed by atoms with Crippen molar-refractivity contribution in [3.63, 3.8) is 0 Å². The molecule has 0 saturated heterocycles. The second-order valence-electron chi connectivity index (χ2n) is 4.48. The molecule has 0 unspecified atom stereocenters. The van der Waals surface area contributed by atoms with E-state index in [1.54, 1.807) is 6.07 Å². The molecule has 1 N–H and O–H groups in total. The van der Waals surface area contributed by atoms with Crippen LogP contribution in [0.15, 0.2) is 47.5 Å². The van der Waals surface area contributed by atoms with Crippen molar-refractivity contribution in [3.8, 4) is 0 Å². The number of aromatic nitrogens is 1. The van der Waals surface area contributed by atoms with Gasteiger partial charge in [-0.2, -0.15) is 0 Å². The Bertz CT molecular complexity index is 605. The van der Waals surface area contributed by atoms with E-state index in [-0.39, 0.29) is 10.6 Å². The number of anilines is 1. The monoisotopic (exact) mass is 303 g/mol. The smallest absolute Gasteiger partial charge is 0.301 e. The number of hydrogen-bond donors (Lipinski definition) is 1. The third kappa shape index (κ3) is 4.46. The normalized spacial score (nSPS) is 10.3. The summed E-state index contributed by atoms with van der Waals surface area (Å²) in [5, 5.41) is 14.7. The Hall–Kier alpha value is -2.08. The van der Waals surface area contributed by atoms with E-state index in [9.17, 15) is 10.1 Å².